The van der Waals surface area contributed by atoms with Gasteiger partial charge in [0.2, 0.25) is 0 Å². The van der Waals surface area contributed by atoms with E-state index in [4.69, 9.17) is 11.5 Å². The minimum atomic E-state index is -4.41. The zero-order valence-corrected chi connectivity index (χ0v) is 6.97. The van der Waals surface area contributed by atoms with E-state index in [9.17, 15) is 18.0 Å². The molecule has 0 aromatic carbocycles. The molecule has 0 saturated heterocycles. The monoisotopic (exact) mass is 199 g/mol. The van der Waals surface area contributed by atoms with E-state index in [2.05, 4.69) is 0 Å². The second-order valence-electron chi connectivity index (χ2n) is 2.52. The molecule has 0 aromatic rings. The highest BCUT2D eigenvalue weighted by molar-refractivity contribution is 5.71. The van der Waals surface area contributed by atoms with Crippen LogP contribution < -0.4 is 11.5 Å². The number of nitrogens with zero attached hydrogens (tertiary/aromatic N) is 1. The summed E-state index contributed by atoms with van der Waals surface area (Å²) in [4.78, 5) is 11.0. The molecule has 4 nitrogen and oxygen atoms in total. The molecular weight excluding hydrogens is 187 g/mol. The first-order chi connectivity index (χ1) is 5.87. The Hall–Kier alpha value is -0.980. The predicted molar refractivity (Wildman–Crippen MR) is 40.9 cm³/mol. The van der Waals surface area contributed by atoms with Crippen LogP contribution in [0.4, 0.5) is 18.0 Å². The second kappa shape index (κ2) is 4.90. The SMILES string of the molecule is NCCCN(CC(F)(F)F)C(N)=O. The van der Waals surface area contributed by atoms with E-state index in [0.717, 1.165) is 0 Å². The highest BCUT2D eigenvalue weighted by atomic mass is 19.4. The van der Waals surface area contributed by atoms with Gasteiger partial charge in [-0.3, -0.25) is 0 Å². The number of alkyl halides is 3. The van der Waals surface area contributed by atoms with Crippen LogP contribution in [0.25, 0.3) is 0 Å². The summed E-state index contributed by atoms with van der Waals surface area (Å²) in [5.41, 5.74) is 9.81. The Labute approximate surface area is 73.7 Å². The number of hydrogen-bond donors (Lipinski definition) is 2. The van der Waals surface area contributed by atoms with Crippen LogP contribution in [0.15, 0.2) is 0 Å². The summed E-state index contributed by atoms with van der Waals surface area (Å²) in [5, 5.41) is 0. The maximum Gasteiger partial charge on any atom is 0.406 e. The third-order valence-corrected chi connectivity index (χ3v) is 1.31. The number of nitrogens with two attached hydrogens (primary N) is 2. The molecule has 0 aromatic heterocycles. The van der Waals surface area contributed by atoms with Crippen LogP contribution in [-0.2, 0) is 0 Å². The quantitative estimate of drug-likeness (QED) is 0.682. The fourth-order valence-corrected chi connectivity index (χ4v) is 0.766. The van der Waals surface area contributed by atoms with Gasteiger partial charge < -0.3 is 16.4 Å². The molecule has 0 aliphatic carbocycles. The van der Waals surface area contributed by atoms with Gasteiger partial charge in [0.15, 0.2) is 0 Å². The molecule has 78 valence electrons. The Morgan fingerprint density at radius 2 is 1.92 bits per heavy atom. The minimum absolute atomic E-state index is 0.0641. The molecular formula is C6H12F3N3O. The molecule has 7 heteroatoms. The number of hydrogen-bond acceptors (Lipinski definition) is 2. The van der Waals surface area contributed by atoms with Crippen molar-refractivity contribution < 1.29 is 18.0 Å². The van der Waals surface area contributed by atoms with Crippen LogP contribution in [0, 0.1) is 0 Å². The maximum atomic E-state index is 11.8. The second-order valence-corrected chi connectivity index (χ2v) is 2.52. The van der Waals surface area contributed by atoms with Crippen LogP contribution >= 0.6 is 0 Å². The number of rotatable bonds is 4. The molecule has 0 spiro atoms. The van der Waals surface area contributed by atoms with E-state index in [0.29, 0.717) is 11.3 Å². The molecule has 0 radical (unpaired) electrons. The molecule has 0 aliphatic rings. The smallest absolute Gasteiger partial charge is 0.351 e. The van der Waals surface area contributed by atoms with Gasteiger partial charge in [-0.2, -0.15) is 13.2 Å². The highest BCUT2D eigenvalue weighted by Gasteiger charge is 2.31. The Balaban J connectivity index is 4.03. The average Bonchev–Trinajstić information content (AvgIpc) is 1.95. The normalized spacial score (nSPS) is 11.4. The van der Waals surface area contributed by atoms with Crippen molar-refractivity contribution in [1.82, 2.24) is 4.90 Å². The number of primary amides is 1. The van der Waals surface area contributed by atoms with Crippen molar-refractivity contribution in [3.63, 3.8) is 0 Å². The molecule has 13 heavy (non-hydrogen) atoms. The lowest BCUT2D eigenvalue weighted by Gasteiger charge is -2.21. The van der Waals surface area contributed by atoms with Crippen LogP contribution in [0.2, 0.25) is 0 Å². The van der Waals surface area contributed by atoms with Gasteiger partial charge in [-0.1, -0.05) is 0 Å². The molecule has 0 aliphatic heterocycles. The standard InChI is InChI=1S/C6H12F3N3O/c7-6(8,9)4-12(5(11)13)3-1-2-10/h1-4,10H2,(H2,11,13). The predicted octanol–water partition coefficient (Wildman–Crippen LogP) is 0.278. The number of halogens is 3. The van der Waals surface area contributed by atoms with Gasteiger partial charge in [0.25, 0.3) is 0 Å². The Kier molecular flexibility index (Phi) is 4.53. The molecule has 0 bridgehead atoms. The lowest BCUT2D eigenvalue weighted by Crippen LogP contribution is -2.43. The zero-order valence-electron chi connectivity index (χ0n) is 6.97. The van der Waals surface area contributed by atoms with Crippen molar-refractivity contribution in [1.29, 1.82) is 0 Å². The van der Waals surface area contributed by atoms with Crippen LogP contribution in [0.5, 0.6) is 0 Å². The summed E-state index contributed by atoms with van der Waals surface area (Å²) in [5.74, 6) is 0. The van der Waals surface area contributed by atoms with Crippen LogP contribution in [-0.4, -0.2) is 36.7 Å². The number of urea groups is 1. The van der Waals surface area contributed by atoms with Crippen molar-refractivity contribution >= 4 is 6.03 Å². The van der Waals surface area contributed by atoms with E-state index in [1.54, 1.807) is 0 Å². The van der Waals surface area contributed by atoms with Gasteiger partial charge in [0.1, 0.15) is 6.54 Å². The molecule has 0 unspecified atom stereocenters. The zero-order chi connectivity index (χ0) is 10.5. The summed E-state index contributed by atoms with van der Waals surface area (Å²) in [6, 6.07) is -1.08. The molecule has 0 heterocycles. The Bertz CT molecular complexity index is 171. The number of carbonyl (C=O) groups is 1. The Morgan fingerprint density at radius 3 is 2.23 bits per heavy atom. The average molecular weight is 199 g/mol. The van der Waals surface area contributed by atoms with Gasteiger partial charge in [0, 0.05) is 6.54 Å². The summed E-state index contributed by atoms with van der Waals surface area (Å²) < 4.78 is 35.4. The molecule has 2 amide bonds. The highest BCUT2D eigenvalue weighted by Crippen LogP contribution is 2.16. The summed E-state index contributed by atoms with van der Waals surface area (Å²) >= 11 is 0. The van der Waals surface area contributed by atoms with E-state index in [1.165, 1.54) is 0 Å². The topological polar surface area (TPSA) is 72.3 Å². The van der Waals surface area contributed by atoms with E-state index < -0.39 is 18.8 Å². The largest absolute Gasteiger partial charge is 0.406 e. The Morgan fingerprint density at radius 1 is 1.38 bits per heavy atom. The van der Waals surface area contributed by atoms with Crippen LogP contribution in [0.3, 0.4) is 0 Å². The lowest BCUT2D eigenvalue weighted by molar-refractivity contribution is -0.139. The molecule has 4 N–H and O–H groups in total. The number of amides is 2. The third-order valence-electron chi connectivity index (χ3n) is 1.31. The van der Waals surface area contributed by atoms with E-state index in [-0.39, 0.29) is 13.1 Å². The van der Waals surface area contributed by atoms with Gasteiger partial charge in [0.05, 0.1) is 0 Å². The van der Waals surface area contributed by atoms with Crippen LogP contribution in [0.1, 0.15) is 6.42 Å². The fraction of sp³-hybridized carbons (Fsp3) is 0.833. The van der Waals surface area contributed by atoms with Crippen molar-refractivity contribution in [2.24, 2.45) is 11.5 Å². The summed E-state index contributed by atoms with van der Waals surface area (Å²) in [6.45, 7) is -1.16. The van der Waals surface area contributed by atoms with Crippen molar-refractivity contribution in [3.8, 4) is 0 Å². The van der Waals surface area contributed by atoms with Crippen molar-refractivity contribution in [2.45, 2.75) is 12.6 Å². The van der Waals surface area contributed by atoms with Crippen molar-refractivity contribution in [3.05, 3.63) is 0 Å². The maximum absolute atomic E-state index is 11.8. The first-order valence-electron chi connectivity index (χ1n) is 3.68. The molecule has 0 atom stereocenters. The summed E-state index contributed by atoms with van der Waals surface area (Å²) in [6.07, 6.45) is -4.11. The number of carbonyl (C=O) groups excluding carboxylic acids is 1. The molecule has 0 rings (SSSR count). The van der Waals surface area contributed by atoms with Gasteiger partial charge in [-0.15, -0.1) is 0 Å². The lowest BCUT2D eigenvalue weighted by atomic mass is 10.4. The fourth-order valence-electron chi connectivity index (χ4n) is 0.766. The first-order valence-corrected chi connectivity index (χ1v) is 3.68. The third kappa shape index (κ3) is 6.21. The molecule has 0 saturated carbocycles. The first kappa shape index (κ1) is 12.0. The molecule has 0 fully saturated rings. The van der Waals surface area contributed by atoms with E-state index >= 15 is 0 Å². The van der Waals surface area contributed by atoms with Gasteiger partial charge >= 0.3 is 12.2 Å². The van der Waals surface area contributed by atoms with Gasteiger partial charge in [-0.25, -0.2) is 4.79 Å². The van der Waals surface area contributed by atoms with Crippen molar-refractivity contribution in [2.75, 3.05) is 19.6 Å². The summed E-state index contributed by atoms with van der Waals surface area (Å²) in [7, 11) is 0. The van der Waals surface area contributed by atoms with E-state index in [1.807, 2.05) is 0 Å². The minimum Gasteiger partial charge on any atom is -0.351 e. The van der Waals surface area contributed by atoms with Gasteiger partial charge in [-0.05, 0) is 13.0 Å².